The average Bonchev–Trinajstić information content (AvgIpc) is 2.70. The van der Waals surface area contributed by atoms with Crippen molar-refractivity contribution in [2.24, 2.45) is 0 Å². The van der Waals surface area contributed by atoms with Gasteiger partial charge in [-0.05, 0) is 47.4 Å². The van der Waals surface area contributed by atoms with Crippen molar-refractivity contribution in [3.05, 3.63) is 26.5 Å². The molecule has 1 fully saturated rings. The molecular weight excluding hydrogens is 272 g/mol. The maximum Gasteiger partial charge on any atom is 0.133 e. The molecule has 0 atom stereocenters. The minimum Gasteiger partial charge on any atom is -0.244 e. The topological polar surface area (TPSA) is 12.9 Å². The van der Waals surface area contributed by atoms with Gasteiger partial charge >= 0.3 is 0 Å². The third-order valence-corrected chi connectivity index (χ3v) is 3.12. The lowest BCUT2D eigenvalue weighted by molar-refractivity contribution is 1.08. The number of hydrogen-bond donors (Lipinski definition) is 0. The molecule has 0 N–H and O–H groups in total. The fourth-order valence-corrected chi connectivity index (χ4v) is 2.49. The first kappa shape index (κ1) is 7.80. The Morgan fingerprint density at radius 3 is 2.82 bits per heavy atom. The van der Waals surface area contributed by atoms with E-state index in [2.05, 4.69) is 27.6 Å². The Kier molecular flexibility index (Phi) is 2.06. The molecule has 0 radical (unpaired) electrons. The van der Waals surface area contributed by atoms with Gasteiger partial charge in [0.15, 0.2) is 0 Å². The number of aromatic nitrogens is 1. The highest BCUT2D eigenvalue weighted by Crippen LogP contribution is 2.44. The van der Waals surface area contributed by atoms with Gasteiger partial charge in [0.2, 0.25) is 0 Å². The van der Waals surface area contributed by atoms with Crippen molar-refractivity contribution < 1.29 is 0 Å². The summed E-state index contributed by atoms with van der Waals surface area (Å²) in [5.41, 5.74) is 1.26. The molecule has 0 spiro atoms. The molecule has 1 heterocycles. The van der Waals surface area contributed by atoms with Gasteiger partial charge < -0.3 is 0 Å². The first-order valence-corrected chi connectivity index (χ1v) is 5.04. The van der Waals surface area contributed by atoms with Crippen LogP contribution in [0.5, 0.6) is 0 Å². The predicted octanol–water partition coefficient (Wildman–Crippen LogP) is 3.22. The van der Waals surface area contributed by atoms with Crippen LogP contribution in [-0.2, 0) is 0 Å². The minimum absolute atomic E-state index is 0.694. The summed E-state index contributed by atoms with van der Waals surface area (Å²) in [6.07, 6.45) is 4.32. The summed E-state index contributed by atoms with van der Waals surface area (Å²) in [5, 5.41) is 0.694. The first-order chi connectivity index (χ1) is 5.29. The molecule has 1 aromatic heterocycles. The van der Waals surface area contributed by atoms with Gasteiger partial charge in [-0.1, -0.05) is 11.6 Å². The minimum atomic E-state index is 0.694. The molecule has 3 heteroatoms. The third-order valence-electron chi connectivity index (χ3n) is 1.87. The van der Waals surface area contributed by atoms with Gasteiger partial charge in [-0.15, -0.1) is 0 Å². The van der Waals surface area contributed by atoms with E-state index >= 15 is 0 Å². The van der Waals surface area contributed by atoms with Gasteiger partial charge in [0.25, 0.3) is 0 Å². The van der Waals surface area contributed by atoms with E-state index in [-0.39, 0.29) is 0 Å². The second kappa shape index (κ2) is 2.90. The summed E-state index contributed by atoms with van der Waals surface area (Å²) >= 11 is 8.27. The lowest BCUT2D eigenvalue weighted by Crippen LogP contribution is -1.89. The van der Waals surface area contributed by atoms with E-state index in [1.165, 1.54) is 22.0 Å². The third kappa shape index (κ3) is 1.51. The fraction of sp³-hybridized carbons (Fsp3) is 0.375. The Balaban J connectivity index is 2.48. The molecule has 1 aliphatic rings. The van der Waals surface area contributed by atoms with E-state index in [1.807, 2.05) is 6.07 Å². The molecule has 0 unspecified atom stereocenters. The first-order valence-electron chi connectivity index (χ1n) is 3.59. The lowest BCUT2D eigenvalue weighted by atomic mass is 10.2. The molecule has 1 saturated carbocycles. The molecule has 11 heavy (non-hydrogen) atoms. The van der Waals surface area contributed by atoms with Crippen LogP contribution < -0.4 is 0 Å². The van der Waals surface area contributed by atoms with Gasteiger partial charge in [0.1, 0.15) is 5.15 Å². The molecule has 1 aromatic rings. The Morgan fingerprint density at radius 1 is 1.55 bits per heavy atom. The van der Waals surface area contributed by atoms with E-state index in [0.717, 1.165) is 0 Å². The molecule has 0 saturated heterocycles. The van der Waals surface area contributed by atoms with Crippen molar-refractivity contribution in [3.8, 4) is 0 Å². The molecule has 0 aliphatic heterocycles. The SMILES string of the molecule is Clc1nccc(I)c1C1CC1. The molecule has 0 bridgehead atoms. The molecular formula is C8H7ClIN. The van der Waals surface area contributed by atoms with Gasteiger partial charge in [0, 0.05) is 15.3 Å². The molecule has 1 nitrogen and oxygen atoms in total. The van der Waals surface area contributed by atoms with E-state index in [0.29, 0.717) is 11.1 Å². The largest absolute Gasteiger partial charge is 0.244 e. The van der Waals surface area contributed by atoms with E-state index in [4.69, 9.17) is 11.6 Å². The number of pyridine rings is 1. The zero-order chi connectivity index (χ0) is 7.84. The van der Waals surface area contributed by atoms with Crippen LogP contribution in [0.25, 0.3) is 0 Å². The highest BCUT2D eigenvalue weighted by Gasteiger charge is 2.28. The summed E-state index contributed by atoms with van der Waals surface area (Å²) in [5.74, 6) is 0.697. The van der Waals surface area contributed by atoms with Gasteiger partial charge in [-0.25, -0.2) is 4.98 Å². The van der Waals surface area contributed by atoms with Crippen molar-refractivity contribution in [1.29, 1.82) is 0 Å². The highest BCUT2D eigenvalue weighted by molar-refractivity contribution is 14.1. The summed E-state index contributed by atoms with van der Waals surface area (Å²) in [7, 11) is 0. The monoisotopic (exact) mass is 279 g/mol. The quantitative estimate of drug-likeness (QED) is 0.568. The fourth-order valence-electron chi connectivity index (χ4n) is 1.16. The molecule has 1 aliphatic carbocycles. The van der Waals surface area contributed by atoms with Crippen molar-refractivity contribution in [2.45, 2.75) is 18.8 Å². The van der Waals surface area contributed by atoms with Crippen LogP contribution in [0.3, 0.4) is 0 Å². The van der Waals surface area contributed by atoms with Crippen molar-refractivity contribution >= 4 is 34.2 Å². The Labute approximate surface area is 84.3 Å². The number of halogens is 2. The average molecular weight is 280 g/mol. The maximum absolute atomic E-state index is 5.95. The standard InChI is InChI=1S/C8H7ClIN/c9-8-7(5-1-2-5)6(10)3-4-11-8/h3-5H,1-2H2. The van der Waals surface area contributed by atoms with Gasteiger partial charge in [-0.3, -0.25) is 0 Å². The zero-order valence-electron chi connectivity index (χ0n) is 5.85. The van der Waals surface area contributed by atoms with Crippen LogP contribution in [-0.4, -0.2) is 4.98 Å². The second-order valence-corrected chi connectivity index (χ2v) is 4.29. The lowest BCUT2D eigenvalue weighted by Gasteiger charge is -2.02. The van der Waals surface area contributed by atoms with Crippen LogP contribution in [0.4, 0.5) is 0 Å². The van der Waals surface area contributed by atoms with Crippen LogP contribution in [0.2, 0.25) is 5.15 Å². The van der Waals surface area contributed by atoms with Crippen LogP contribution in [0, 0.1) is 3.57 Å². The highest BCUT2D eigenvalue weighted by atomic mass is 127. The molecule has 0 aromatic carbocycles. The van der Waals surface area contributed by atoms with E-state index in [9.17, 15) is 0 Å². The van der Waals surface area contributed by atoms with Gasteiger partial charge in [-0.2, -0.15) is 0 Å². The number of hydrogen-bond acceptors (Lipinski definition) is 1. The molecule has 58 valence electrons. The second-order valence-electron chi connectivity index (χ2n) is 2.77. The van der Waals surface area contributed by atoms with Crippen LogP contribution in [0.1, 0.15) is 24.3 Å². The van der Waals surface area contributed by atoms with Crippen LogP contribution >= 0.6 is 34.2 Å². The summed E-state index contributed by atoms with van der Waals surface area (Å²) < 4.78 is 1.25. The summed E-state index contributed by atoms with van der Waals surface area (Å²) in [6, 6.07) is 2.01. The van der Waals surface area contributed by atoms with Gasteiger partial charge in [0.05, 0.1) is 0 Å². The maximum atomic E-state index is 5.95. The number of rotatable bonds is 1. The smallest absolute Gasteiger partial charge is 0.133 e. The summed E-state index contributed by atoms with van der Waals surface area (Å²) in [4.78, 5) is 4.06. The Morgan fingerprint density at radius 2 is 2.27 bits per heavy atom. The normalized spacial score (nSPS) is 16.9. The van der Waals surface area contributed by atoms with Crippen molar-refractivity contribution in [3.63, 3.8) is 0 Å². The molecule has 2 rings (SSSR count). The molecule has 0 amide bonds. The summed E-state index contributed by atoms with van der Waals surface area (Å²) in [6.45, 7) is 0. The van der Waals surface area contributed by atoms with Crippen molar-refractivity contribution in [2.75, 3.05) is 0 Å². The van der Waals surface area contributed by atoms with Crippen LogP contribution in [0.15, 0.2) is 12.3 Å². The Hall–Kier alpha value is 0.170. The zero-order valence-corrected chi connectivity index (χ0v) is 8.76. The van der Waals surface area contributed by atoms with E-state index in [1.54, 1.807) is 6.20 Å². The predicted molar refractivity (Wildman–Crippen MR) is 53.9 cm³/mol. The Bertz CT molecular complexity index is 263. The van der Waals surface area contributed by atoms with E-state index < -0.39 is 0 Å². The van der Waals surface area contributed by atoms with Crippen molar-refractivity contribution in [1.82, 2.24) is 4.98 Å². The number of nitrogens with zero attached hydrogens (tertiary/aromatic N) is 1.